The molecule has 0 aromatic carbocycles. The molecule has 0 unspecified atom stereocenters. The molecule has 20 heavy (non-hydrogen) atoms. The van der Waals surface area contributed by atoms with Crippen LogP contribution in [0.15, 0.2) is 24.7 Å². The maximum absolute atomic E-state index is 12.4. The molecule has 2 rings (SSSR count). The molecule has 0 spiro atoms. The Morgan fingerprint density at radius 2 is 2.25 bits per heavy atom. The molecule has 0 aliphatic rings. The molecular formula is C14H15N5O. The first-order valence-electron chi connectivity index (χ1n) is 6.15. The highest BCUT2D eigenvalue weighted by Crippen LogP contribution is 2.15. The number of hydrogen-bond donors (Lipinski definition) is 0. The molecule has 2 heterocycles. The average molecular weight is 269 g/mol. The van der Waals surface area contributed by atoms with Crippen LogP contribution in [-0.2, 0) is 6.54 Å². The van der Waals surface area contributed by atoms with Crippen molar-refractivity contribution in [1.82, 2.24) is 20.0 Å². The molecule has 0 saturated heterocycles. The van der Waals surface area contributed by atoms with Crippen LogP contribution in [-0.4, -0.2) is 32.9 Å². The average Bonchev–Trinajstić information content (AvgIpc) is 2.85. The number of aryl methyl sites for hydroxylation is 1. The Kier molecular flexibility index (Phi) is 4.11. The lowest BCUT2D eigenvalue weighted by atomic mass is 10.2. The largest absolute Gasteiger partial charge is 0.310 e. The number of carbonyl (C=O) groups excluding carboxylic acids is 1. The lowest BCUT2D eigenvalue weighted by Gasteiger charge is -2.16. The van der Waals surface area contributed by atoms with Crippen LogP contribution in [0.3, 0.4) is 0 Å². The van der Waals surface area contributed by atoms with Crippen LogP contribution in [0.5, 0.6) is 0 Å². The molecule has 6 nitrogen and oxygen atoms in total. The van der Waals surface area contributed by atoms with Crippen LogP contribution in [0.25, 0.3) is 0 Å². The number of hydrogen-bond acceptors (Lipinski definition) is 4. The van der Waals surface area contributed by atoms with Crippen molar-refractivity contribution in [2.24, 2.45) is 0 Å². The number of amides is 1. The number of carbonyl (C=O) groups is 1. The second-order valence-corrected chi connectivity index (χ2v) is 4.29. The van der Waals surface area contributed by atoms with Gasteiger partial charge in [-0.05, 0) is 13.0 Å². The van der Waals surface area contributed by atoms with Crippen LogP contribution >= 0.6 is 0 Å². The van der Waals surface area contributed by atoms with E-state index < -0.39 is 0 Å². The fraction of sp³-hybridized carbons (Fsp3) is 0.286. The van der Waals surface area contributed by atoms with E-state index in [0.717, 1.165) is 5.69 Å². The van der Waals surface area contributed by atoms with Crippen LogP contribution in [0.1, 0.15) is 22.5 Å². The maximum Gasteiger partial charge on any atom is 0.261 e. The predicted molar refractivity (Wildman–Crippen MR) is 75.2 cm³/mol. The quantitative estimate of drug-likeness (QED) is 0.784. The van der Waals surface area contributed by atoms with Gasteiger partial charge in [-0.15, -0.1) is 12.3 Å². The standard InChI is InChI=1S/C14H15N5O/c1-4-5-8-19-11(2)13(10-17-19)14(20)18(3)12-6-7-15-16-9-12/h1,6-7,9-10H,5,8H2,2-3H3. The van der Waals surface area contributed by atoms with Crippen molar-refractivity contribution in [1.29, 1.82) is 0 Å². The SMILES string of the molecule is C#CCCn1ncc(C(=O)N(C)c2ccnnc2)c1C. The third-order valence-corrected chi connectivity index (χ3v) is 3.06. The number of rotatable bonds is 4. The van der Waals surface area contributed by atoms with Gasteiger partial charge in [0.1, 0.15) is 0 Å². The van der Waals surface area contributed by atoms with Crippen LogP contribution in [0, 0.1) is 19.3 Å². The second kappa shape index (κ2) is 5.97. The van der Waals surface area contributed by atoms with E-state index in [1.165, 1.54) is 11.1 Å². The highest BCUT2D eigenvalue weighted by molar-refractivity contribution is 6.06. The van der Waals surface area contributed by atoms with E-state index in [0.29, 0.717) is 24.2 Å². The summed E-state index contributed by atoms with van der Waals surface area (Å²) in [7, 11) is 1.69. The summed E-state index contributed by atoms with van der Waals surface area (Å²) in [6.45, 7) is 2.46. The van der Waals surface area contributed by atoms with Gasteiger partial charge in [-0.3, -0.25) is 9.48 Å². The van der Waals surface area contributed by atoms with Gasteiger partial charge in [0, 0.05) is 19.2 Å². The summed E-state index contributed by atoms with van der Waals surface area (Å²) in [5, 5.41) is 11.7. The van der Waals surface area contributed by atoms with Gasteiger partial charge in [0.15, 0.2) is 0 Å². The van der Waals surface area contributed by atoms with Crippen molar-refractivity contribution in [2.45, 2.75) is 19.9 Å². The summed E-state index contributed by atoms with van der Waals surface area (Å²) < 4.78 is 1.74. The first-order chi connectivity index (χ1) is 9.65. The zero-order chi connectivity index (χ0) is 14.5. The molecule has 2 aromatic rings. The number of nitrogens with zero attached hydrogens (tertiary/aromatic N) is 5. The number of anilines is 1. The molecule has 0 bridgehead atoms. The normalized spacial score (nSPS) is 10.1. The van der Waals surface area contributed by atoms with Gasteiger partial charge in [0.05, 0.1) is 36.4 Å². The minimum Gasteiger partial charge on any atom is -0.310 e. The highest BCUT2D eigenvalue weighted by atomic mass is 16.2. The molecule has 0 N–H and O–H groups in total. The highest BCUT2D eigenvalue weighted by Gasteiger charge is 2.19. The molecule has 0 aliphatic heterocycles. The predicted octanol–water partition coefficient (Wildman–Crippen LogP) is 1.28. The fourth-order valence-corrected chi connectivity index (χ4v) is 1.83. The Morgan fingerprint density at radius 3 is 2.90 bits per heavy atom. The summed E-state index contributed by atoms with van der Waals surface area (Å²) in [5.74, 6) is 2.42. The molecule has 102 valence electrons. The summed E-state index contributed by atoms with van der Waals surface area (Å²) >= 11 is 0. The number of terminal acetylenes is 1. The molecule has 0 saturated carbocycles. The van der Waals surface area contributed by atoms with Crippen molar-refractivity contribution in [2.75, 3.05) is 11.9 Å². The molecule has 0 atom stereocenters. The second-order valence-electron chi connectivity index (χ2n) is 4.29. The van der Waals surface area contributed by atoms with Gasteiger partial charge in [-0.2, -0.15) is 15.3 Å². The molecule has 0 radical (unpaired) electrons. The maximum atomic E-state index is 12.4. The lowest BCUT2D eigenvalue weighted by Crippen LogP contribution is -2.26. The fourth-order valence-electron chi connectivity index (χ4n) is 1.83. The Bertz CT molecular complexity index is 641. The Labute approximate surface area is 117 Å². The van der Waals surface area contributed by atoms with Gasteiger partial charge in [-0.1, -0.05) is 0 Å². The molecule has 6 heteroatoms. The lowest BCUT2D eigenvalue weighted by molar-refractivity contribution is 0.0992. The minimum absolute atomic E-state index is 0.137. The first kappa shape index (κ1) is 13.7. The third kappa shape index (κ3) is 2.67. The van der Waals surface area contributed by atoms with Gasteiger partial charge in [0.25, 0.3) is 5.91 Å². The molecule has 2 aromatic heterocycles. The van der Waals surface area contributed by atoms with Gasteiger partial charge in [-0.25, -0.2) is 0 Å². The molecule has 0 fully saturated rings. The molecular weight excluding hydrogens is 254 g/mol. The van der Waals surface area contributed by atoms with Crippen molar-refractivity contribution >= 4 is 11.6 Å². The third-order valence-electron chi connectivity index (χ3n) is 3.06. The minimum atomic E-state index is -0.137. The van der Waals surface area contributed by atoms with E-state index in [2.05, 4.69) is 21.2 Å². The van der Waals surface area contributed by atoms with Crippen molar-refractivity contribution in [3.8, 4) is 12.3 Å². The van der Waals surface area contributed by atoms with Crippen LogP contribution in [0.4, 0.5) is 5.69 Å². The Balaban J connectivity index is 2.22. The Hall–Kier alpha value is -2.68. The van der Waals surface area contributed by atoms with Crippen molar-refractivity contribution < 1.29 is 4.79 Å². The van der Waals surface area contributed by atoms with Crippen LogP contribution in [0.2, 0.25) is 0 Å². The smallest absolute Gasteiger partial charge is 0.261 e. The first-order valence-corrected chi connectivity index (χ1v) is 6.15. The number of aromatic nitrogens is 4. The topological polar surface area (TPSA) is 63.9 Å². The van der Waals surface area contributed by atoms with E-state index in [-0.39, 0.29) is 5.91 Å². The van der Waals surface area contributed by atoms with Crippen molar-refractivity contribution in [3.63, 3.8) is 0 Å². The van der Waals surface area contributed by atoms with E-state index in [1.807, 2.05) is 6.92 Å². The Morgan fingerprint density at radius 1 is 1.45 bits per heavy atom. The van der Waals surface area contributed by atoms with E-state index >= 15 is 0 Å². The van der Waals surface area contributed by atoms with E-state index in [4.69, 9.17) is 6.42 Å². The summed E-state index contributed by atoms with van der Waals surface area (Å²) in [6, 6.07) is 1.73. The molecule has 1 amide bonds. The van der Waals surface area contributed by atoms with E-state index in [9.17, 15) is 4.79 Å². The van der Waals surface area contributed by atoms with E-state index in [1.54, 1.807) is 30.2 Å². The van der Waals surface area contributed by atoms with Crippen LogP contribution < -0.4 is 4.90 Å². The monoisotopic (exact) mass is 269 g/mol. The van der Waals surface area contributed by atoms with Gasteiger partial charge >= 0.3 is 0 Å². The van der Waals surface area contributed by atoms with Crippen molar-refractivity contribution in [3.05, 3.63) is 35.9 Å². The zero-order valence-electron chi connectivity index (χ0n) is 11.4. The molecule has 0 aliphatic carbocycles. The van der Waals surface area contributed by atoms with Gasteiger partial charge in [0.2, 0.25) is 0 Å². The summed E-state index contributed by atoms with van der Waals surface area (Å²) in [5.41, 5.74) is 2.04. The zero-order valence-corrected chi connectivity index (χ0v) is 11.4. The summed E-state index contributed by atoms with van der Waals surface area (Å²) in [4.78, 5) is 14.0. The summed E-state index contributed by atoms with van der Waals surface area (Å²) in [6.07, 6.45) is 10.5. The van der Waals surface area contributed by atoms with Gasteiger partial charge < -0.3 is 4.90 Å².